The Morgan fingerprint density at radius 3 is 3.00 bits per heavy atom. The van der Waals surface area contributed by atoms with Gasteiger partial charge in [-0.1, -0.05) is 0 Å². The van der Waals surface area contributed by atoms with Crippen molar-refractivity contribution in [1.82, 2.24) is 10.3 Å². The lowest BCUT2D eigenvalue weighted by atomic mass is 9.85. The van der Waals surface area contributed by atoms with Crippen LogP contribution in [-0.4, -0.2) is 43.5 Å². The fourth-order valence-electron chi connectivity index (χ4n) is 2.38. The maximum absolute atomic E-state index is 5.60. The van der Waals surface area contributed by atoms with E-state index in [4.69, 9.17) is 9.47 Å². The fraction of sp³-hybridized carbons (Fsp3) is 0.769. The molecule has 0 saturated heterocycles. The van der Waals surface area contributed by atoms with Gasteiger partial charge in [-0.3, -0.25) is 0 Å². The molecular formula is C13H22N2O2S. The molecule has 18 heavy (non-hydrogen) atoms. The molecular weight excluding hydrogens is 248 g/mol. The van der Waals surface area contributed by atoms with Crippen LogP contribution in [0.2, 0.25) is 0 Å². The lowest BCUT2D eigenvalue weighted by Crippen LogP contribution is -2.60. The number of ether oxygens (including phenoxy) is 2. The van der Waals surface area contributed by atoms with E-state index >= 15 is 0 Å². The highest BCUT2D eigenvalue weighted by atomic mass is 32.1. The third-order valence-electron chi connectivity index (χ3n) is 3.36. The second kappa shape index (κ2) is 6.61. The summed E-state index contributed by atoms with van der Waals surface area (Å²) in [5, 5.41) is 6.80. The van der Waals surface area contributed by atoms with Crippen molar-refractivity contribution in [3.05, 3.63) is 16.1 Å². The number of nitrogens with one attached hydrogen (secondary N) is 1. The zero-order valence-electron chi connectivity index (χ0n) is 11.3. The van der Waals surface area contributed by atoms with Gasteiger partial charge in [0.25, 0.3) is 0 Å². The first-order valence-corrected chi connectivity index (χ1v) is 7.41. The Bertz CT molecular complexity index is 370. The van der Waals surface area contributed by atoms with Crippen molar-refractivity contribution in [2.75, 3.05) is 20.3 Å². The molecule has 5 heteroatoms. The number of aryl methyl sites for hydroxylation is 1. The Morgan fingerprint density at radius 2 is 2.39 bits per heavy atom. The van der Waals surface area contributed by atoms with Crippen LogP contribution in [-0.2, 0) is 15.9 Å². The van der Waals surface area contributed by atoms with Gasteiger partial charge in [-0.2, -0.15) is 0 Å². The summed E-state index contributed by atoms with van der Waals surface area (Å²) in [6.07, 6.45) is 2.49. The lowest BCUT2D eigenvalue weighted by Gasteiger charge is -2.43. The quantitative estimate of drug-likeness (QED) is 0.820. The highest BCUT2D eigenvalue weighted by Gasteiger charge is 2.41. The second-order valence-electron chi connectivity index (χ2n) is 4.60. The van der Waals surface area contributed by atoms with Crippen molar-refractivity contribution in [2.24, 2.45) is 0 Å². The number of hydrogen-bond acceptors (Lipinski definition) is 5. The van der Waals surface area contributed by atoms with E-state index in [1.807, 2.05) is 13.8 Å². The molecule has 1 aliphatic rings. The van der Waals surface area contributed by atoms with Crippen LogP contribution in [0.3, 0.4) is 0 Å². The number of thiazole rings is 1. The van der Waals surface area contributed by atoms with Crippen LogP contribution in [0, 0.1) is 6.92 Å². The van der Waals surface area contributed by atoms with Gasteiger partial charge >= 0.3 is 0 Å². The monoisotopic (exact) mass is 270 g/mol. The average Bonchev–Trinajstić information content (AvgIpc) is 2.73. The minimum atomic E-state index is 0.196. The minimum absolute atomic E-state index is 0.196. The van der Waals surface area contributed by atoms with Crippen LogP contribution in [0.25, 0.3) is 0 Å². The molecule has 1 aromatic heterocycles. The average molecular weight is 270 g/mol. The molecule has 3 atom stereocenters. The Morgan fingerprint density at radius 1 is 1.56 bits per heavy atom. The van der Waals surface area contributed by atoms with Crippen LogP contribution in [0.15, 0.2) is 5.38 Å². The Labute approximate surface area is 113 Å². The highest BCUT2D eigenvalue weighted by Crippen LogP contribution is 2.26. The number of aromatic nitrogens is 1. The predicted molar refractivity (Wildman–Crippen MR) is 73.2 cm³/mol. The summed E-state index contributed by atoms with van der Waals surface area (Å²) in [4.78, 5) is 4.46. The zero-order chi connectivity index (χ0) is 13.0. The fourth-order valence-corrected chi connectivity index (χ4v) is 3.03. The van der Waals surface area contributed by atoms with Gasteiger partial charge < -0.3 is 14.8 Å². The third-order valence-corrected chi connectivity index (χ3v) is 4.18. The predicted octanol–water partition coefficient (Wildman–Crippen LogP) is 1.78. The summed E-state index contributed by atoms with van der Waals surface area (Å²) in [5.41, 5.74) is 1.18. The molecule has 1 fully saturated rings. The molecule has 0 radical (unpaired) electrons. The van der Waals surface area contributed by atoms with Crippen LogP contribution in [0.1, 0.15) is 24.0 Å². The largest absolute Gasteiger partial charge is 0.377 e. The van der Waals surface area contributed by atoms with Crippen molar-refractivity contribution in [3.63, 3.8) is 0 Å². The van der Waals surface area contributed by atoms with Gasteiger partial charge in [-0.25, -0.2) is 4.98 Å². The van der Waals surface area contributed by atoms with Crippen molar-refractivity contribution in [3.8, 4) is 0 Å². The molecule has 1 aliphatic carbocycles. The molecule has 0 aliphatic heterocycles. The third kappa shape index (κ3) is 3.29. The Kier molecular flexibility index (Phi) is 5.12. The molecule has 0 bridgehead atoms. The van der Waals surface area contributed by atoms with Gasteiger partial charge in [-0.05, 0) is 20.3 Å². The topological polar surface area (TPSA) is 43.4 Å². The molecule has 1 N–H and O–H groups in total. The summed E-state index contributed by atoms with van der Waals surface area (Å²) < 4.78 is 11.1. The summed E-state index contributed by atoms with van der Waals surface area (Å²) in [5.74, 6) is 0. The number of hydrogen-bond donors (Lipinski definition) is 1. The van der Waals surface area contributed by atoms with Crippen LogP contribution < -0.4 is 5.32 Å². The first kappa shape index (κ1) is 13.9. The SMILES string of the molecule is CCOC1CC(NCCc2csc(C)n2)C1OC. The molecule has 0 spiro atoms. The van der Waals surface area contributed by atoms with Gasteiger partial charge in [0.15, 0.2) is 0 Å². The van der Waals surface area contributed by atoms with Crippen molar-refractivity contribution in [1.29, 1.82) is 0 Å². The van der Waals surface area contributed by atoms with E-state index < -0.39 is 0 Å². The molecule has 3 unspecified atom stereocenters. The van der Waals surface area contributed by atoms with E-state index in [0.717, 1.165) is 31.0 Å². The van der Waals surface area contributed by atoms with Crippen molar-refractivity contribution in [2.45, 2.75) is 44.9 Å². The molecule has 1 heterocycles. The normalized spacial score (nSPS) is 27.2. The molecule has 0 aromatic carbocycles. The van der Waals surface area contributed by atoms with Gasteiger partial charge in [0, 0.05) is 38.1 Å². The smallest absolute Gasteiger partial charge is 0.0986 e. The maximum atomic E-state index is 5.60. The van der Waals surface area contributed by atoms with Gasteiger partial charge in [0.2, 0.25) is 0 Å². The Hall–Kier alpha value is -0.490. The van der Waals surface area contributed by atoms with E-state index in [0.29, 0.717) is 6.04 Å². The molecule has 102 valence electrons. The number of nitrogens with zero attached hydrogens (tertiary/aromatic N) is 1. The molecule has 1 saturated carbocycles. The van der Waals surface area contributed by atoms with E-state index in [9.17, 15) is 0 Å². The van der Waals surface area contributed by atoms with Gasteiger partial charge in [-0.15, -0.1) is 11.3 Å². The van der Waals surface area contributed by atoms with E-state index in [1.54, 1.807) is 18.4 Å². The lowest BCUT2D eigenvalue weighted by molar-refractivity contribution is -0.131. The number of rotatable bonds is 7. The van der Waals surface area contributed by atoms with Crippen molar-refractivity contribution >= 4 is 11.3 Å². The summed E-state index contributed by atoms with van der Waals surface area (Å²) in [6.45, 7) is 5.78. The minimum Gasteiger partial charge on any atom is -0.377 e. The van der Waals surface area contributed by atoms with Crippen LogP contribution in [0.4, 0.5) is 0 Å². The second-order valence-corrected chi connectivity index (χ2v) is 5.66. The molecule has 2 rings (SSSR count). The standard InChI is InChI=1S/C13H22N2O2S/c1-4-17-12-7-11(13(12)16-3)14-6-5-10-8-18-9(2)15-10/h8,11-14H,4-7H2,1-3H3. The Balaban J connectivity index is 1.68. The summed E-state index contributed by atoms with van der Waals surface area (Å²) in [7, 11) is 1.76. The van der Waals surface area contributed by atoms with Gasteiger partial charge in [0.1, 0.15) is 0 Å². The molecule has 0 amide bonds. The van der Waals surface area contributed by atoms with E-state index in [-0.39, 0.29) is 12.2 Å². The van der Waals surface area contributed by atoms with Crippen molar-refractivity contribution < 1.29 is 9.47 Å². The number of methoxy groups -OCH3 is 1. The first-order chi connectivity index (χ1) is 8.74. The summed E-state index contributed by atoms with van der Waals surface area (Å²) in [6, 6.07) is 0.422. The molecule has 1 aromatic rings. The maximum Gasteiger partial charge on any atom is 0.0986 e. The summed E-state index contributed by atoms with van der Waals surface area (Å²) >= 11 is 1.71. The molecule has 4 nitrogen and oxygen atoms in total. The zero-order valence-corrected chi connectivity index (χ0v) is 12.1. The first-order valence-electron chi connectivity index (χ1n) is 6.53. The van der Waals surface area contributed by atoms with Crippen LogP contribution >= 0.6 is 11.3 Å². The highest BCUT2D eigenvalue weighted by molar-refractivity contribution is 7.09. The van der Waals surface area contributed by atoms with E-state index in [2.05, 4.69) is 15.7 Å². The van der Waals surface area contributed by atoms with E-state index in [1.165, 1.54) is 5.69 Å². The van der Waals surface area contributed by atoms with Gasteiger partial charge in [0.05, 0.1) is 22.9 Å². The van der Waals surface area contributed by atoms with Crippen LogP contribution in [0.5, 0.6) is 0 Å².